The van der Waals surface area contributed by atoms with Crippen LogP contribution >= 0.6 is 0 Å². The summed E-state index contributed by atoms with van der Waals surface area (Å²) in [4.78, 5) is 0. The van der Waals surface area contributed by atoms with Gasteiger partial charge in [0.1, 0.15) is 0 Å². The first-order valence-corrected chi connectivity index (χ1v) is 12.8. The minimum absolute atomic E-state index is 0.000963. The van der Waals surface area contributed by atoms with Gasteiger partial charge in [0.25, 0.3) is 0 Å². The molecule has 0 aliphatic carbocycles. The molecule has 0 spiro atoms. The van der Waals surface area contributed by atoms with Gasteiger partial charge < -0.3 is 28.4 Å². The summed E-state index contributed by atoms with van der Waals surface area (Å²) < 4.78 is 37.7. The van der Waals surface area contributed by atoms with Crippen molar-refractivity contribution in [3.8, 4) is 0 Å². The van der Waals surface area contributed by atoms with Gasteiger partial charge in [-0.3, -0.25) is 0 Å². The van der Waals surface area contributed by atoms with Gasteiger partial charge in [-0.15, -0.1) is 0 Å². The van der Waals surface area contributed by atoms with Crippen molar-refractivity contribution in [2.45, 2.75) is 160 Å². The lowest BCUT2D eigenvalue weighted by Crippen LogP contribution is -2.36. The van der Waals surface area contributed by atoms with Crippen molar-refractivity contribution in [3.63, 3.8) is 0 Å². The van der Waals surface area contributed by atoms with Crippen molar-refractivity contribution in [3.05, 3.63) is 6.92 Å². The Morgan fingerprint density at radius 1 is 0.531 bits per heavy atom. The summed E-state index contributed by atoms with van der Waals surface area (Å²) in [6, 6.07) is 0. The van der Waals surface area contributed by atoms with E-state index in [2.05, 4.69) is 13.8 Å². The molecule has 0 aromatic carbocycles. The fourth-order valence-corrected chi connectivity index (χ4v) is 5.45. The highest BCUT2D eigenvalue weighted by Crippen LogP contribution is 2.41. The lowest BCUT2D eigenvalue weighted by atomic mass is 9.95. The molecule has 6 atom stereocenters. The third-order valence-corrected chi connectivity index (χ3v) is 6.68. The van der Waals surface area contributed by atoms with Crippen LogP contribution in [0.1, 0.15) is 106 Å². The smallest absolute Gasteiger partial charge is 0.163 e. The maximum absolute atomic E-state index is 6.37. The molecule has 3 aliphatic rings. The van der Waals surface area contributed by atoms with Crippen molar-refractivity contribution in [2.24, 2.45) is 0 Å². The molecule has 0 N–H and O–H groups in total. The molecule has 3 saturated heterocycles. The van der Waals surface area contributed by atoms with Crippen LogP contribution in [0.5, 0.6) is 0 Å². The molecule has 187 valence electrons. The minimum Gasteiger partial charge on any atom is -0.345 e. The molecule has 3 fully saturated rings. The average molecular weight is 456 g/mol. The Hall–Kier alpha value is -0.240. The first kappa shape index (κ1) is 26.4. The molecule has 1 radical (unpaired) electrons. The van der Waals surface area contributed by atoms with Gasteiger partial charge in [-0.25, -0.2) is 0 Å². The van der Waals surface area contributed by atoms with Crippen molar-refractivity contribution in [1.29, 1.82) is 0 Å². The van der Waals surface area contributed by atoms with E-state index in [-0.39, 0.29) is 36.6 Å². The van der Waals surface area contributed by atoms with E-state index >= 15 is 0 Å². The van der Waals surface area contributed by atoms with Crippen LogP contribution in [0.2, 0.25) is 0 Å². The molecule has 6 unspecified atom stereocenters. The molecule has 0 aromatic heterocycles. The van der Waals surface area contributed by atoms with E-state index in [1.807, 2.05) is 41.5 Å². The zero-order chi connectivity index (χ0) is 23.6. The predicted molar refractivity (Wildman–Crippen MR) is 124 cm³/mol. The van der Waals surface area contributed by atoms with E-state index in [9.17, 15) is 0 Å². The number of ether oxygens (including phenoxy) is 6. The number of rotatable bonds is 11. The summed E-state index contributed by atoms with van der Waals surface area (Å²) in [6.07, 6.45) is 9.30. The predicted octanol–water partition coefficient (Wildman–Crippen LogP) is 5.91. The fourth-order valence-electron chi connectivity index (χ4n) is 5.45. The largest absolute Gasteiger partial charge is 0.345 e. The first-order chi connectivity index (χ1) is 14.9. The molecule has 0 amide bonds. The third-order valence-electron chi connectivity index (χ3n) is 6.68. The van der Waals surface area contributed by atoms with Gasteiger partial charge in [-0.2, -0.15) is 0 Å². The van der Waals surface area contributed by atoms with Crippen LogP contribution in [0.15, 0.2) is 0 Å². The quantitative estimate of drug-likeness (QED) is 0.361. The minimum atomic E-state index is -0.620. The van der Waals surface area contributed by atoms with Gasteiger partial charge in [0.05, 0.1) is 36.6 Å². The van der Waals surface area contributed by atoms with Crippen LogP contribution in [0.25, 0.3) is 0 Å². The van der Waals surface area contributed by atoms with E-state index < -0.39 is 17.4 Å². The van der Waals surface area contributed by atoms with Gasteiger partial charge in [0.2, 0.25) is 0 Å². The lowest BCUT2D eigenvalue weighted by molar-refractivity contribution is -0.159. The van der Waals surface area contributed by atoms with Crippen molar-refractivity contribution in [1.82, 2.24) is 0 Å². The van der Waals surface area contributed by atoms with E-state index in [0.29, 0.717) is 0 Å². The third kappa shape index (κ3) is 7.13. The fraction of sp³-hybridized carbons (Fsp3) is 0.962. The molecular formula is C26H47O6. The molecule has 6 heteroatoms. The van der Waals surface area contributed by atoms with Crippen LogP contribution < -0.4 is 0 Å². The summed E-state index contributed by atoms with van der Waals surface area (Å²) >= 11 is 0. The zero-order valence-electron chi connectivity index (χ0n) is 21.5. The standard InChI is InChI=1S/C26H47O6/c1-9-11-12-13-14-15-19-21(30-25(5,6)28-19)17-23-22(31-26(7,8)32-23)16-20-18(10-2)27-24(3,4)29-20/h18-23H,1,9-17H2,2-8H3. The van der Waals surface area contributed by atoms with E-state index in [1.165, 1.54) is 19.3 Å². The Bertz CT molecular complexity index is 589. The zero-order valence-corrected chi connectivity index (χ0v) is 21.5. The summed E-state index contributed by atoms with van der Waals surface area (Å²) in [6.45, 7) is 18.0. The molecule has 32 heavy (non-hydrogen) atoms. The maximum atomic E-state index is 6.37. The summed E-state index contributed by atoms with van der Waals surface area (Å²) in [5, 5.41) is 0. The molecule has 3 rings (SSSR count). The van der Waals surface area contributed by atoms with Gasteiger partial charge in [-0.05, 0) is 54.4 Å². The maximum Gasteiger partial charge on any atom is 0.163 e. The second kappa shape index (κ2) is 10.6. The van der Waals surface area contributed by atoms with Gasteiger partial charge in [-0.1, -0.05) is 46.0 Å². The number of hydrogen-bond donors (Lipinski definition) is 0. The Balaban J connectivity index is 1.62. The topological polar surface area (TPSA) is 55.4 Å². The van der Waals surface area contributed by atoms with Crippen LogP contribution in [0.4, 0.5) is 0 Å². The average Bonchev–Trinajstić information content (AvgIpc) is 3.24. The van der Waals surface area contributed by atoms with E-state index in [1.54, 1.807) is 0 Å². The second-order valence-electron chi connectivity index (χ2n) is 11.1. The molecule has 6 nitrogen and oxygen atoms in total. The molecule has 0 saturated carbocycles. The van der Waals surface area contributed by atoms with Gasteiger partial charge >= 0.3 is 0 Å². The van der Waals surface area contributed by atoms with E-state index in [4.69, 9.17) is 28.4 Å². The summed E-state index contributed by atoms with van der Waals surface area (Å²) in [5.41, 5.74) is 0. The monoisotopic (exact) mass is 455 g/mol. The van der Waals surface area contributed by atoms with E-state index in [0.717, 1.165) is 38.5 Å². The van der Waals surface area contributed by atoms with Crippen LogP contribution in [0.3, 0.4) is 0 Å². The molecular weight excluding hydrogens is 408 g/mol. The highest BCUT2D eigenvalue weighted by atomic mass is 16.8. The van der Waals surface area contributed by atoms with Crippen molar-refractivity contribution >= 4 is 0 Å². The lowest BCUT2D eigenvalue weighted by Gasteiger charge is -2.25. The molecule has 3 aliphatic heterocycles. The summed E-state index contributed by atoms with van der Waals surface area (Å²) in [7, 11) is 0. The molecule has 0 aromatic rings. The van der Waals surface area contributed by atoms with Crippen molar-refractivity contribution < 1.29 is 28.4 Å². The SMILES string of the molecule is [CH2]CCCCCCC1OC(C)(C)OC1CC1OC(C)(C)OC1CC1OC(C)(C)OC1CC. The first-order valence-electron chi connectivity index (χ1n) is 12.8. The highest BCUT2D eigenvalue weighted by molar-refractivity contribution is 4.93. The second-order valence-corrected chi connectivity index (χ2v) is 11.1. The van der Waals surface area contributed by atoms with Crippen molar-refractivity contribution in [2.75, 3.05) is 0 Å². The number of unbranched alkanes of at least 4 members (excludes halogenated alkanes) is 4. The Morgan fingerprint density at radius 3 is 1.38 bits per heavy atom. The Morgan fingerprint density at radius 2 is 0.906 bits per heavy atom. The van der Waals surface area contributed by atoms with Crippen LogP contribution in [-0.2, 0) is 28.4 Å². The Kier molecular flexibility index (Phi) is 8.71. The van der Waals surface area contributed by atoms with Crippen LogP contribution in [-0.4, -0.2) is 54.0 Å². The molecule has 0 bridgehead atoms. The highest BCUT2D eigenvalue weighted by Gasteiger charge is 2.50. The van der Waals surface area contributed by atoms with Crippen LogP contribution in [0, 0.1) is 6.92 Å². The Labute approximate surface area is 196 Å². The normalized spacial score (nSPS) is 37.9. The van der Waals surface area contributed by atoms with Gasteiger partial charge in [0.15, 0.2) is 17.4 Å². The van der Waals surface area contributed by atoms with Gasteiger partial charge in [0, 0.05) is 12.8 Å². The molecule has 3 heterocycles. The summed E-state index contributed by atoms with van der Waals surface area (Å²) in [5.74, 6) is -1.74. The number of hydrogen-bond acceptors (Lipinski definition) is 6.